The van der Waals surface area contributed by atoms with Gasteiger partial charge in [-0.25, -0.2) is 0 Å². The molecule has 19 heavy (non-hydrogen) atoms. The predicted molar refractivity (Wildman–Crippen MR) is 60.2 cm³/mol. The lowest BCUT2D eigenvalue weighted by Crippen LogP contribution is -2.47. The third kappa shape index (κ3) is 4.71. The van der Waals surface area contributed by atoms with E-state index in [4.69, 9.17) is 4.74 Å². The van der Waals surface area contributed by atoms with E-state index in [0.29, 0.717) is 0 Å². The first-order chi connectivity index (χ1) is 8.54. The van der Waals surface area contributed by atoms with Crippen molar-refractivity contribution in [3.05, 3.63) is 30.3 Å². The van der Waals surface area contributed by atoms with Crippen LogP contribution in [0.4, 0.5) is 0 Å². The summed E-state index contributed by atoms with van der Waals surface area (Å²) < 4.78 is 9.47. The molecule has 0 radical (unpaired) electrons. The number of nitrogens with zero attached hydrogens (tertiary/aromatic N) is 3. The van der Waals surface area contributed by atoms with Gasteiger partial charge in [0.1, 0.15) is 23.2 Å². The van der Waals surface area contributed by atoms with E-state index in [0.717, 1.165) is 6.92 Å². The molecule has 0 atom stereocenters. The van der Waals surface area contributed by atoms with Crippen LogP contribution in [-0.2, 0) is 9.47 Å². The normalized spacial score (nSPS) is 12.2. The highest BCUT2D eigenvalue weighted by atomic mass is 16.7. The molecule has 0 amide bonds. The van der Waals surface area contributed by atoms with Crippen LogP contribution in [-0.4, -0.2) is 46.0 Å². The molecule has 110 valence electrons. The molecular formula is C8H15N3O8. The maximum absolute atomic E-state index is 10.5. The van der Waals surface area contributed by atoms with Gasteiger partial charge in [0.05, 0.1) is 6.92 Å². The number of nitro groups is 3. The van der Waals surface area contributed by atoms with Crippen molar-refractivity contribution in [1.82, 2.24) is 0 Å². The fraction of sp³-hybridized carbons (Fsp3) is 1.00. The van der Waals surface area contributed by atoms with Gasteiger partial charge in [0.2, 0.25) is 5.54 Å². The van der Waals surface area contributed by atoms with Crippen LogP contribution >= 0.6 is 0 Å². The summed E-state index contributed by atoms with van der Waals surface area (Å²) in [7, 11) is 0. The van der Waals surface area contributed by atoms with Crippen LogP contribution in [0.25, 0.3) is 0 Å². The smallest absolute Gasteiger partial charge is 0.348 e. The lowest BCUT2D eigenvalue weighted by Gasteiger charge is -2.16. The molecule has 0 fully saturated rings. The molecule has 0 aromatic heterocycles. The lowest BCUT2D eigenvalue weighted by molar-refractivity contribution is -0.794. The van der Waals surface area contributed by atoms with Gasteiger partial charge >= 0.3 is 5.66 Å². The van der Waals surface area contributed by atoms with E-state index >= 15 is 0 Å². The SMILES string of the molecule is CC(C)(COCOCC(C)([N+](=O)[O-])[N+](=O)[O-])[N+](=O)[O-]. The molecule has 11 heteroatoms. The van der Waals surface area contributed by atoms with Gasteiger partial charge in [0.25, 0.3) is 0 Å². The standard InChI is InChI=1S/C8H15N3O8/c1-7(2,9(12)13)4-18-6-19-5-8(3,10(14)15)11(16)17/h4-6H2,1-3H3. The molecule has 0 spiro atoms. The van der Waals surface area contributed by atoms with Crippen molar-refractivity contribution in [2.24, 2.45) is 0 Å². The summed E-state index contributed by atoms with van der Waals surface area (Å²) >= 11 is 0. The van der Waals surface area contributed by atoms with Crippen LogP contribution < -0.4 is 0 Å². The second kappa shape index (κ2) is 6.33. The largest absolute Gasteiger partial charge is 0.478 e. The summed E-state index contributed by atoms with van der Waals surface area (Å²) in [6, 6.07) is 0. The van der Waals surface area contributed by atoms with Gasteiger partial charge in [-0.2, -0.15) is 0 Å². The number of hydrogen-bond acceptors (Lipinski definition) is 8. The quantitative estimate of drug-likeness (QED) is 0.253. The summed E-state index contributed by atoms with van der Waals surface area (Å²) in [6.07, 6.45) is 0. The Hall–Kier alpha value is -1.88. The Kier molecular flexibility index (Phi) is 5.71. The van der Waals surface area contributed by atoms with Crippen LogP contribution in [0.1, 0.15) is 20.8 Å². The molecule has 0 aliphatic rings. The number of ether oxygens (including phenoxy) is 2. The van der Waals surface area contributed by atoms with E-state index in [1.807, 2.05) is 0 Å². The third-order valence-electron chi connectivity index (χ3n) is 2.28. The summed E-state index contributed by atoms with van der Waals surface area (Å²) in [5.41, 5.74) is -3.80. The highest BCUT2D eigenvalue weighted by Gasteiger charge is 2.51. The Bertz CT molecular complexity index is 355. The molecule has 0 aliphatic heterocycles. The van der Waals surface area contributed by atoms with E-state index in [2.05, 4.69) is 4.74 Å². The highest BCUT2D eigenvalue weighted by molar-refractivity contribution is 4.64. The molecule has 0 saturated carbocycles. The molecule has 0 heterocycles. The fourth-order valence-corrected chi connectivity index (χ4v) is 0.810. The van der Waals surface area contributed by atoms with Gasteiger partial charge in [-0.3, -0.25) is 30.3 Å². The minimum Gasteiger partial charge on any atom is -0.348 e. The van der Waals surface area contributed by atoms with Crippen molar-refractivity contribution in [2.75, 3.05) is 20.0 Å². The summed E-state index contributed by atoms with van der Waals surface area (Å²) in [5, 5.41) is 31.6. The zero-order chi connectivity index (χ0) is 15.3. The first kappa shape index (κ1) is 17.1. The molecule has 11 nitrogen and oxygen atoms in total. The molecule has 0 N–H and O–H groups in total. The van der Waals surface area contributed by atoms with Crippen molar-refractivity contribution in [3.63, 3.8) is 0 Å². The van der Waals surface area contributed by atoms with Gasteiger partial charge in [-0.05, 0) is 0 Å². The molecule has 0 saturated heterocycles. The summed E-state index contributed by atoms with van der Waals surface area (Å²) in [5.74, 6) is 0. The summed E-state index contributed by atoms with van der Waals surface area (Å²) in [4.78, 5) is 28.9. The van der Waals surface area contributed by atoms with E-state index in [1.54, 1.807) is 0 Å². The van der Waals surface area contributed by atoms with Crippen molar-refractivity contribution < 1.29 is 24.2 Å². The second-order valence-corrected chi connectivity index (χ2v) is 4.62. The van der Waals surface area contributed by atoms with Gasteiger partial charge < -0.3 is 9.47 Å². The number of rotatable bonds is 9. The van der Waals surface area contributed by atoms with Gasteiger partial charge in [-0.15, -0.1) is 0 Å². The van der Waals surface area contributed by atoms with Crippen LogP contribution in [0, 0.1) is 30.3 Å². The maximum Gasteiger partial charge on any atom is 0.478 e. The average molecular weight is 281 g/mol. The van der Waals surface area contributed by atoms with Crippen molar-refractivity contribution >= 4 is 0 Å². The molecule has 0 unspecified atom stereocenters. The van der Waals surface area contributed by atoms with Gasteiger partial charge in [0, 0.05) is 18.8 Å². The Morgan fingerprint density at radius 3 is 1.63 bits per heavy atom. The zero-order valence-corrected chi connectivity index (χ0v) is 10.7. The van der Waals surface area contributed by atoms with E-state index < -0.39 is 39.4 Å². The van der Waals surface area contributed by atoms with Gasteiger partial charge in [0.15, 0.2) is 6.61 Å². The lowest BCUT2D eigenvalue weighted by atomic mass is 10.1. The Labute approximate surface area is 107 Å². The molecule has 0 aromatic carbocycles. The maximum atomic E-state index is 10.5. The van der Waals surface area contributed by atoms with Crippen LogP contribution in [0.15, 0.2) is 0 Å². The van der Waals surface area contributed by atoms with E-state index in [9.17, 15) is 30.3 Å². The first-order valence-electron chi connectivity index (χ1n) is 5.13. The van der Waals surface area contributed by atoms with Crippen LogP contribution in [0.3, 0.4) is 0 Å². The number of hydrogen-bond donors (Lipinski definition) is 0. The predicted octanol–water partition coefficient (Wildman–Crippen LogP) is 0.302. The molecular weight excluding hydrogens is 266 g/mol. The van der Waals surface area contributed by atoms with Gasteiger partial charge in [-0.1, -0.05) is 0 Å². The minimum absolute atomic E-state index is 0.284. The van der Waals surface area contributed by atoms with E-state index in [-0.39, 0.29) is 6.61 Å². The monoisotopic (exact) mass is 281 g/mol. The van der Waals surface area contributed by atoms with Crippen LogP contribution in [0.5, 0.6) is 0 Å². The van der Waals surface area contributed by atoms with Crippen molar-refractivity contribution in [1.29, 1.82) is 0 Å². The van der Waals surface area contributed by atoms with E-state index in [1.165, 1.54) is 13.8 Å². The molecule has 0 aliphatic carbocycles. The highest BCUT2D eigenvalue weighted by Crippen LogP contribution is 2.11. The summed E-state index contributed by atoms with van der Waals surface area (Å²) in [6.45, 7) is 1.86. The Morgan fingerprint density at radius 1 is 0.842 bits per heavy atom. The molecule has 0 rings (SSSR count). The Morgan fingerprint density at radius 2 is 1.26 bits per heavy atom. The average Bonchev–Trinajstić information content (AvgIpc) is 2.27. The van der Waals surface area contributed by atoms with Crippen molar-refractivity contribution in [2.45, 2.75) is 32.0 Å². The molecule has 0 bridgehead atoms. The molecule has 0 aromatic rings. The second-order valence-electron chi connectivity index (χ2n) is 4.62. The van der Waals surface area contributed by atoms with Crippen molar-refractivity contribution in [3.8, 4) is 0 Å². The third-order valence-corrected chi connectivity index (χ3v) is 2.28. The minimum atomic E-state index is -2.47. The first-order valence-corrected chi connectivity index (χ1v) is 5.13. The fourth-order valence-electron chi connectivity index (χ4n) is 0.810. The Balaban J connectivity index is 4.15. The topological polar surface area (TPSA) is 148 Å². The van der Waals surface area contributed by atoms with Crippen LogP contribution in [0.2, 0.25) is 0 Å². The zero-order valence-electron chi connectivity index (χ0n) is 10.7.